The molecule has 0 atom stereocenters. The second-order valence-corrected chi connectivity index (χ2v) is 28.1. The van der Waals surface area contributed by atoms with Crippen LogP contribution in [0.3, 0.4) is 0 Å². The highest BCUT2D eigenvalue weighted by molar-refractivity contribution is 6.98. The number of fused-ring (bicyclic) bond motifs is 4. The molecule has 2 amide bonds. The van der Waals surface area contributed by atoms with E-state index in [1.807, 2.05) is 14.1 Å². The van der Waals surface area contributed by atoms with Gasteiger partial charge in [-0.25, -0.2) is 13.9 Å². The van der Waals surface area contributed by atoms with Gasteiger partial charge in [0.15, 0.2) is 11.4 Å². The highest BCUT2D eigenvalue weighted by Gasteiger charge is 2.39. The van der Waals surface area contributed by atoms with Gasteiger partial charge in [0, 0.05) is 88.5 Å². The van der Waals surface area contributed by atoms with Gasteiger partial charge in [-0.2, -0.15) is 26.3 Å². The first-order chi connectivity index (χ1) is 34.7. The highest BCUT2D eigenvalue weighted by atomic mass is 28.3. The number of allylic oxidation sites excluding steroid dienone is 10. The Balaban J connectivity index is 0.000000263. The number of benzene rings is 2. The summed E-state index contributed by atoms with van der Waals surface area (Å²) in [6.45, 7) is 11.0. The zero-order chi connectivity index (χ0) is 56.5. The van der Waals surface area contributed by atoms with Gasteiger partial charge in [-0.1, -0.05) is 38.3 Å². The Hall–Kier alpha value is -7.15. The van der Waals surface area contributed by atoms with Gasteiger partial charge in [-0.3, -0.25) is 14.4 Å². The average molecular weight is 1090 g/mol. The second-order valence-electron chi connectivity index (χ2n) is 19.5. The number of imide groups is 1. The summed E-state index contributed by atoms with van der Waals surface area (Å²) in [6.07, 6.45) is 9.49. The van der Waals surface area contributed by atoms with Crippen LogP contribution in [0.5, 0.6) is 0 Å². The molecule has 0 aromatic heterocycles. The number of hydroxylamine groups is 2. The smallest absolute Gasteiger partial charge is 0.430 e. The lowest BCUT2D eigenvalue weighted by Crippen LogP contribution is -2.48. The van der Waals surface area contributed by atoms with Crippen LogP contribution in [-0.4, -0.2) is 150 Å². The number of aliphatic carboxylic acids is 3. The lowest BCUT2D eigenvalue weighted by atomic mass is 10.0. The predicted octanol–water partition coefficient (Wildman–Crippen LogP) is 4.22. The topological polar surface area (TPSA) is 194 Å². The zero-order valence-electron chi connectivity index (χ0n) is 43.4. The molecule has 2 aromatic carbocycles. The molecule has 404 valence electrons. The van der Waals surface area contributed by atoms with Gasteiger partial charge >= 0.3 is 24.3 Å². The van der Waals surface area contributed by atoms with Gasteiger partial charge in [-0.15, -0.1) is 5.06 Å². The normalized spacial score (nSPS) is 16.5. The molecule has 15 nitrogen and oxygen atoms in total. The van der Waals surface area contributed by atoms with Crippen molar-refractivity contribution in [2.24, 2.45) is 0 Å². The molecule has 1 N–H and O–H groups in total. The minimum absolute atomic E-state index is 0.102. The van der Waals surface area contributed by atoms with Crippen molar-refractivity contribution in [1.82, 2.24) is 5.06 Å². The number of rotatable bonds is 11. The van der Waals surface area contributed by atoms with Crippen molar-refractivity contribution in [1.29, 1.82) is 0 Å². The number of carboxylic acids is 3. The third-order valence-corrected chi connectivity index (χ3v) is 19.9. The van der Waals surface area contributed by atoms with E-state index in [1.54, 1.807) is 0 Å². The van der Waals surface area contributed by atoms with Crippen LogP contribution in [0, 0.1) is 0 Å². The largest absolute Gasteiger partial charge is 0.542 e. The number of carboxylic acid groups (broad SMARTS) is 3. The molecule has 7 rings (SSSR count). The van der Waals surface area contributed by atoms with Crippen LogP contribution >= 0.6 is 0 Å². The van der Waals surface area contributed by atoms with E-state index in [0.29, 0.717) is 24.4 Å². The molecule has 3 aliphatic heterocycles. The third-order valence-electron chi connectivity index (χ3n) is 12.8. The van der Waals surface area contributed by atoms with Crippen LogP contribution in [0.4, 0.5) is 37.7 Å². The Labute approximate surface area is 433 Å². The fraction of sp³-hybridized carbons (Fsp3) is 0.385. The molecule has 0 spiro atoms. The van der Waals surface area contributed by atoms with Crippen LogP contribution < -0.4 is 30.4 Å². The molecule has 0 saturated carbocycles. The number of hydrogen-bond acceptors (Lipinski definition) is 11. The Kier molecular flexibility index (Phi) is 19.7. The molecule has 0 unspecified atom stereocenters. The van der Waals surface area contributed by atoms with E-state index < -0.39 is 64.2 Å². The first kappa shape index (κ1) is 60.4. The molecule has 23 heteroatoms. The highest BCUT2D eigenvalue weighted by Crippen LogP contribution is 2.36. The number of carbonyl (C=O) groups is 6. The Bertz CT molecular complexity index is 2830. The first-order valence-electron chi connectivity index (χ1n) is 23.6. The van der Waals surface area contributed by atoms with Gasteiger partial charge < -0.3 is 39.5 Å². The maximum atomic E-state index is 12.1. The van der Waals surface area contributed by atoms with Crippen LogP contribution in [0.2, 0.25) is 26.2 Å². The summed E-state index contributed by atoms with van der Waals surface area (Å²) in [7, 11) is 8.65. The van der Waals surface area contributed by atoms with Crippen molar-refractivity contribution in [2.75, 3.05) is 65.2 Å². The molecular formula is C52H61F6N5O10Si2. The van der Waals surface area contributed by atoms with Gasteiger partial charge in [0.2, 0.25) is 0 Å². The average Bonchev–Trinajstić information content (AvgIpc) is 3.63. The fourth-order valence-corrected chi connectivity index (χ4v) is 14.6. The number of carbonyl (C=O) groups excluding carboxylic acids is 5. The molecule has 1 fully saturated rings. The van der Waals surface area contributed by atoms with Crippen molar-refractivity contribution in [3.8, 4) is 0 Å². The lowest BCUT2D eigenvalue weighted by Gasteiger charge is -2.35. The van der Waals surface area contributed by atoms with Crippen LogP contribution in [0.25, 0.3) is 12.2 Å². The van der Waals surface area contributed by atoms with Crippen molar-refractivity contribution in [2.45, 2.75) is 77.1 Å². The Morgan fingerprint density at radius 3 is 1.33 bits per heavy atom. The molecular weight excluding hydrogens is 1020 g/mol. The standard InChI is InChI=1S/C26H32N3O4Si.C22H28N2O2Si.2C2HF3O2/c1-27(2)20-10-8-18-15-19-9-11-21(17-23(19)34(4,5)22(18)16-20)28(3)14-6-7-26(32)33-29-24(30)12-13-25(29)31;1-23(2)18-10-8-16-13-17-9-11-19(24(3)12-6-7-22(25)26)15-21(17)27(4,5)20(16)14-18;2*3-2(4,5)1(6)7/h8-11,15-17H,6-7,12-14H2,1-5H3;8-11,13-15H,6-7,12H2,1-5H3;2*(H,6,7)/q+1;;;/p-1. The number of hydrogen-bond donors (Lipinski definition) is 1. The molecule has 75 heavy (non-hydrogen) atoms. The van der Waals surface area contributed by atoms with Gasteiger partial charge in [0.1, 0.15) is 56.3 Å². The van der Waals surface area contributed by atoms with Crippen LogP contribution in [0.15, 0.2) is 94.4 Å². The monoisotopic (exact) mass is 1090 g/mol. The number of amides is 2. The maximum Gasteiger partial charge on any atom is 0.430 e. The van der Waals surface area contributed by atoms with Crippen molar-refractivity contribution in [3.05, 3.63) is 106 Å². The van der Waals surface area contributed by atoms with E-state index in [2.05, 4.69) is 158 Å². The number of halogens is 6. The summed E-state index contributed by atoms with van der Waals surface area (Å²) in [6, 6.07) is 13.3. The molecule has 2 aliphatic carbocycles. The minimum Gasteiger partial charge on any atom is -0.542 e. The zero-order valence-corrected chi connectivity index (χ0v) is 45.4. The molecule has 5 aliphatic rings. The third kappa shape index (κ3) is 15.7. The van der Waals surface area contributed by atoms with Crippen molar-refractivity contribution >= 4 is 97.2 Å². The number of nitrogens with zero attached hydrogens (tertiary/aromatic N) is 5. The summed E-state index contributed by atoms with van der Waals surface area (Å²) >= 11 is 0. The SMILES string of the molecule is CN(CCCC(=O)O)c1ccc2c(c1)[Si](C)(C)C1=CC(=[N+](C)C)C=CC1=C2.CN(CCCC(=O)ON1C(=O)CCC1=O)c1ccc2c(c1)[Si](C)(C)C1=CC(=[N+](C)C)C=CC1=C2.O=C([O-])C(F)(F)F.O=C([O-])C(F)(F)F. The first-order valence-corrected chi connectivity index (χ1v) is 29.6. The van der Waals surface area contributed by atoms with E-state index in [9.17, 15) is 45.5 Å². The maximum absolute atomic E-state index is 12.1. The molecule has 0 radical (unpaired) electrons. The quantitative estimate of drug-likeness (QED) is 0.146. The Morgan fingerprint density at radius 1 is 0.640 bits per heavy atom. The van der Waals surface area contributed by atoms with Gasteiger partial charge in [0.05, 0.1) is 0 Å². The van der Waals surface area contributed by atoms with Gasteiger partial charge in [0.25, 0.3) is 11.8 Å². The number of anilines is 2. The summed E-state index contributed by atoms with van der Waals surface area (Å²) in [5, 5.41) is 32.8. The predicted molar refractivity (Wildman–Crippen MR) is 274 cm³/mol. The molecule has 0 bridgehead atoms. The summed E-state index contributed by atoms with van der Waals surface area (Å²) in [5.41, 5.74) is 9.99. The summed E-state index contributed by atoms with van der Waals surface area (Å²) in [5.74, 6) is -8.20. The van der Waals surface area contributed by atoms with E-state index in [4.69, 9.17) is 29.7 Å². The summed E-state index contributed by atoms with van der Waals surface area (Å²) < 4.78 is 67.4. The van der Waals surface area contributed by atoms with Crippen molar-refractivity contribution in [3.63, 3.8) is 0 Å². The lowest BCUT2D eigenvalue weighted by molar-refractivity contribution is -0.462. The molecule has 3 heterocycles. The summed E-state index contributed by atoms with van der Waals surface area (Å²) in [4.78, 5) is 72.9. The van der Waals surface area contributed by atoms with E-state index in [-0.39, 0.29) is 25.7 Å². The fourth-order valence-electron chi connectivity index (χ4n) is 8.49. The van der Waals surface area contributed by atoms with E-state index >= 15 is 0 Å². The van der Waals surface area contributed by atoms with E-state index in [1.165, 1.54) is 60.2 Å². The van der Waals surface area contributed by atoms with Crippen LogP contribution in [-0.2, 0) is 33.6 Å². The second kappa shape index (κ2) is 24.5. The molecule has 2 aromatic rings. The minimum atomic E-state index is -5.19. The molecule has 1 saturated heterocycles. The van der Waals surface area contributed by atoms with Gasteiger partial charge in [-0.05, 0) is 104 Å². The van der Waals surface area contributed by atoms with Crippen LogP contribution in [0.1, 0.15) is 49.7 Å². The van der Waals surface area contributed by atoms with Crippen molar-refractivity contribution < 1.29 is 84.4 Å². The number of alkyl halides is 6. The van der Waals surface area contributed by atoms with E-state index in [0.717, 1.165) is 12.2 Å². The Morgan fingerprint density at radius 2 is 1.00 bits per heavy atom.